The Morgan fingerprint density at radius 1 is 1.11 bits per heavy atom. The third-order valence-corrected chi connectivity index (χ3v) is 5.43. The van der Waals surface area contributed by atoms with Gasteiger partial charge < -0.3 is 9.80 Å². The number of rotatable bonds is 3. The van der Waals surface area contributed by atoms with Crippen LogP contribution < -0.4 is 4.90 Å². The Morgan fingerprint density at radius 2 is 1.85 bits per heavy atom. The van der Waals surface area contributed by atoms with Crippen LogP contribution in [0.2, 0.25) is 0 Å². The first-order valence-corrected chi connectivity index (χ1v) is 9.16. The van der Waals surface area contributed by atoms with Gasteiger partial charge in [0.2, 0.25) is 5.91 Å². The quantitative estimate of drug-likeness (QED) is 0.684. The molecule has 0 N–H and O–H groups in total. The zero-order valence-electron chi connectivity index (χ0n) is 16.1. The second-order valence-corrected chi connectivity index (χ2v) is 7.07. The number of piperazine rings is 1. The highest BCUT2D eigenvalue weighted by Crippen LogP contribution is 2.25. The van der Waals surface area contributed by atoms with Crippen molar-refractivity contribution in [2.75, 3.05) is 31.1 Å². The molecule has 0 aliphatic carbocycles. The molecular formula is C18H24N8O. The number of hydrogen-bond donors (Lipinski definition) is 0. The van der Waals surface area contributed by atoms with Crippen molar-refractivity contribution in [2.24, 2.45) is 7.05 Å². The summed E-state index contributed by atoms with van der Waals surface area (Å²) in [5.74, 6) is 0.856. The summed E-state index contributed by atoms with van der Waals surface area (Å²) in [6.45, 7) is 8.84. The lowest BCUT2D eigenvalue weighted by Crippen LogP contribution is -2.50. The van der Waals surface area contributed by atoms with Crippen LogP contribution in [0.4, 0.5) is 5.82 Å². The van der Waals surface area contributed by atoms with Crippen molar-refractivity contribution in [3.05, 3.63) is 35.4 Å². The topological polar surface area (TPSA) is 84.5 Å². The van der Waals surface area contributed by atoms with Crippen molar-refractivity contribution in [3.63, 3.8) is 0 Å². The molecule has 1 fully saturated rings. The highest BCUT2D eigenvalue weighted by Gasteiger charge is 2.29. The minimum absolute atomic E-state index is 0.163. The van der Waals surface area contributed by atoms with E-state index in [0.29, 0.717) is 13.1 Å². The molecule has 1 aliphatic heterocycles. The molecule has 0 aromatic carbocycles. The predicted molar refractivity (Wildman–Crippen MR) is 101 cm³/mol. The number of carbonyl (C=O) groups excluding carboxylic acids is 1. The van der Waals surface area contributed by atoms with Crippen LogP contribution in [0.25, 0.3) is 5.65 Å². The van der Waals surface area contributed by atoms with Gasteiger partial charge in [0, 0.05) is 44.5 Å². The molecule has 1 aliphatic rings. The minimum Gasteiger partial charge on any atom is -0.352 e. The number of carbonyl (C=O) groups is 1. The number of amides is 1. The van der Waals surface area contributed by atoms with Crippen LogP contribution in [-0.4, -0.2) is 66.6 Å². The van der Waals surface area contributed by atoms with E-state index < -0.39 is 0 Å². The molecular weight excluding hydrogens is 344 g/mol. The summed E-state index contributed by atoms with van der Waals surface area (Å²) in [6.07, 6.45) is 1.60. The maximum Gasteiger partial charge on any atom is 0.230 e. The first-order valence-electron chi connectivity index (χ1n) is 9.16. The fourth-order valence-electron chi connectivity index (χ4n) is 3.86. The van der Waals surface area contributed by atoms with E-state index >= 15 is 0 Å². The molecule has 142 valence electrons. The molecule has 4 rings (SSSR count). The van der Waals surface area contributed by atoms with E-state index in [9.17, 15) is 4.79 Å². The Hall–Kier alpha value is -2.97. The third kappa shape index (κ3) is 3.02. The van der Waals surface area contributed by atoms with Crippen molar-refractivity contribution in [1.82, 2.24) is 34.5 Å². The molecule has 3 aromatic heterocycles. The molecule has 0 radical (unpaired) electrons. The number of hydrogen-bond acceptors (Lipinski definition) is 6. The van der Waals surface area contributed by atoms with Gasteiger partial charge in [0.25, 0.3) is 0 Å². The smallest absolute Gasteiger partial charge is 0.230 e. The van der Waals surface area contributed by atoms with Crippen LogP contribution in [0, 0.1) is 13.8 Å². The Bertz CT molecular complexity index is 983. The lowest BCUT2D eigenvalue weighted by Gasteiger charge is -2.36. The van der Waals surface area contributed by atoms with Crippen LogP contribution in [0.5, 0.6) is 0 Å². The van der Waals surface area contributed by atoms with Crippen molar-refractivity contribution in [3.8, 4) is 0 Å². The van der Waals surface area contributed by atoms with Crippen LogP contribution in [0.15, 0.2) is 18.5 Å². The second kappa shape index (κ2) is 6.64. The summed E-state index contributed by atoms with van der Waals surface area (Å²) in [7, 11) is 1.92. The molecule has 1 unspecified atom stereocenters. The monoisotopic (exact) mass is 368 g/mol. The SMILES string of the molecule is Cc1nn(C)c(C)c1C(C)C(=O)N1CCN(c2ccc3nncn3n2)CC1. The van der Waals surface area contributed by atoms with Crippen LogP contribution in [0.3, 0.4) is 0 Å². The van der Waals surface area contributed by atoms with E-state index in [4.69, 9.17) is 0 Å². The van der Waals surface area contributed by atoms with Gasteiger partial charge in [0.15, 0.2) is 5.65 Å². The van der Waals surface area contributed by atoms with Gasteiger partial charge in [-0.15, -0.1) is 15.3 Å². The average molecular weight is 368 g/mol. The number of aryl methyl sites for hydroxylation is 2. The Kier molecular flexibility index (Phi) is 4.29. The van der Waals surface area contributed by atoms with Crippen LogP contribution in [-0.2, 0) is 11.8 Å². The van der Waals surface area contributed by atoms with Gasteiger partial charge in [-0.1, -0.05) is 0 Å². The van der Waals surface area contributed by atoms with Gasteiger partial charge in [-0.2, -0.15) is 9.61 Å². The number of fused-ring (bicyclic) bond motifs is 1. The fraction of sp³-hybridized carbons (Fsp3) is 0.500. The Labute approximate surface area is 157 Å². The molecule has 27 heavy (non-hydrogen) atoms. The average Bonchev–Trinajstić information content (AvgIpc) is 3.24. The molecule has 1 atom stereocenters. The molecule has 4 heterocycles. The largest absolute Gasteiger partial charge is 0.352 e. The van der Waals surface area contributed by atoms with Crippen molar-refractivity contribution in [2.45, 2.75) is 26.7 Å². The van der Waals surface area contributed by atoms with Crippen molar-refractivity contribution in [1.29, 1.82) is 0 Å². The Balaban J connectivity index is 1.44. The maximum absolute atomic E-state index is 13.0. The van der Waals surface area contributed by atoms with Crippen LogP contribution in [0.1, 0.15) is 29.8 Å². The lowest BCUT2D eigenvalue weighted by atomic mass is 9.97. The molecule has 0 bridgehead atoms. The molecule has 9 nitrogen and oxygen atoms in total. The molecule has 0 saturated carbocycles. The van der Waals surface area contributed by atoms with E-state index in [1.54, 1.807) is 10.8 Å². The van der Waals surface area contributed by atoms with Gasteiger partial charge in [0.1, 0.15) is 12.1 Å². The summed E-state index contributed by atoms with van der Waals surface area (Å²) in [5, 5.41) is 16.8. The fourth-order valence-corrected chi connectivity index (χ4v) is 3.86. The van der Waals surface area contributed by atoms with Crippen LogP contribution >= 0.6 is 0 Å². The number of anilines is 1. The standard InChI is InChI=1S/C18H24N8O/c1-12(17-13(2)21-23(4)14(17)3)18(27)25-9-7-24(8-10-25)16-6-5-15-20-19-11-26(15)22-16/h5-6,11-12H,7-10H2,1-4H3. The summed E-state index contributed by atoms with van der Waals surface area (Å²) >= 11 is 0. The highest BCUT2D eigenvalue weighted by molar-refractivity contribution is 5.84. The van der Waals surface area contributed by atoms with Gasteiger partial charge in [-0.3, -0.25) is 9.48 Å². The zero-order chi connectivity index (χ0) is 19.1. The van der Waals surface area contributed by atoms with Crippen molar-refractivity contribution >= 4 is 17.4 Å². The zero-order valence-corrected chi connectivity index (χ0v) is 16.1. The van der Waals surface area contributed by atoms with Gasteiger partial charge >= 0.3 is 0 Å². The summed E-state index contributed by atoms with van der Waals surface area (Å²) in [5.41, 5.74) is 3.76. The minimum atomic E-state index is -0.184. The van der Waals surface area contributed by atoms with Gasteiger partial charge in [-0.25, -0.2) is 0 Å². The lowest BCUT2D eigenvalue weighted by molar-refractivity contribution is -0.132. The molecule has 9 heteroatoms. The van der Waals surface area contributed by atoms with Gasteiger partial charge in [0.05, 0.1) is 11.6 Å². The second-order valence-electron chi connectivity index (χ2n) is 7.07. The summed E-state index contributed by atoms with van der Waals surface area (Å²) in [6, 6.07) is 3.86. The molecule has 1 saturated heterocycles. The predicted octanol–water partition coefficient (Wildman–Crippen LogP) is 0.927. The number of nitrogens with zero attached hydrogens (tertiary/aromatic N) is 8. The third-order valence-electron chi connectivity index (χ3n) is 5.43. The normalized spacial score (nSPS) is 16.1. The van der Waals surface area contributed by atoms with Gasteiger partial charge in [-0.05, 0) is 32.9 Å². The van der Waals surface area contributed by atoms with Crippen molar-refractivity contribution < 1.29 is 4.79 Å². The summed E-state index contributed by atoms with van der Waals surface area (Å²) in [4.78, 5) is 17.2. The first-order chi connectivity index (χ1) is 13.0. The first kappa shape index (κ1) is 17.4. The van der Waals surface area contributed by atoms with E-state index in [0.717, 1.165) is 41.5 Å². The number of aromatic nitrogens is 6. The van der Waals surface area contributed by atoms with E-state index in [2.05, 4.69) is 25.3 Å². The van der Waals surface area contributed by atoms with E-state index in [1.165, 1.54) is 0 Å². The van der Waals surface area contributed by atoms with E-state index in [-0.39, 0.29) is 11.8 Å². The molecule has 1 amide bonds. The molecule has 0 spiro atoms. The Morgan fingerprint density at radius 3 is 2.52 bits per heavy atom. The maximum atomic E-state index is 13.0. The van der Waals surface area contributed by atoms with E-state index in [1.807, 2.05) is 49.5 Å². The summed E-state index contributed by atoms with van der Waals surface area (Å²) < 4.78 is 3.52. The molecule has 3 aromatic rings. The highest BCUT2D eigenvalue weighted by atomic mass is 16.2.